The van der Waals surface area contributed by atoms with Crippen molar-refractivity contribution in [2.75, 3.05) is 0 Å². The van der Waals surface area contributed by atoms with Gasteiger partial charge in [0.2, 0.25) is 0 Å². The van der Waals surface area contributed by atoms with Crippen LogP contribution in [0.1, 0.15) is 11.1 Å². The van der Waals surface area contributed by atoms with E-state index in [-0.39, 0.29) is 5.56 Å². The molecule has 3 aromatic rings. The summed E-state index contributed by atoms with van der Waals surface area (Å²) in [5.41, 5.74) is 0.764. The van der Waals surface area contributed by atoms with Crippen molar-refractivity contribution in [2.24, 2.45) is 0 Å². The molecule has 0 aliphatic rings. The number of nitrogens with zero attached hydrogens (tertiary/aromatic N) is 2. The number of hydrogen-bond acceptors (Lipinski definition) is 6. The van der Waals surface area contributed by atoms with Gasteiger partial charge in [0.15, 0.2) is 9.84 Å². The van der Waals surface area contributed by atoms with Crippen LogP contribution in [0.4, 0.5) is 0 Å². The second kappa shape index (κ2) is 5.96. The van der Waals surface area contributed by atoms with Crippen LogP contribution in [-0.2, 0) is 25.7 Å². The summed E-state index contributed by atoms with van der Waals surface area (Å²) in [5.74, 6) is -0.532. The Bertz CT molecular complexity index is 1220. The van der Waals surface area contributed by atoms with Gasteiger partial charge in [-0.25, -0.2) is 8.42 Å². The highest BCUT2D eigenvalue weighted by Crippen LogP contribution is 2.28. The molecule has 25 heavy (non-hydrogen) atoms. The highest BCUT2D eigenvalue weighted by molar-refractivity contribution is 7.92. The van der Waals surface area contributed by atoms with Crippen LogP contribution in [0.2, 0.25) is 0 Å². The van der Waals surface area contributed by atoms with Crippen LogP contribution in [0.25, 0.3) is 10.9 Å². The molecule has 1 aromatic heterocycles. The zero-order valence-corrected chi connectivity index (χ0v) is 14.2. The lowest BCUT2D eigenvalue weighted by Gasteiger charge is -2.10. The number of rotatable bonds is 4. The molecule has 0 aliphatic carbocycles. The zero-order valence-electron chi connectivity index (χ0n) is 12.5. The molecule has 0 bridgehead atoms. The van der Waals surface area contributed by atoms with Crippen LogP contribution >= 0.6 is 0 Å². The van der Waals surface area contributed by atoms with Crippen molar-refractivity contribution in [3.05, 3.63) is 53.7 Å². The van der Waals surface area contributed by atoms with Crippen molar-refractivity contribution in [3.63, 3.8) is 0 Å². The average molecular weight is 377 g/mol. The van der Waals surface area contributed by atoms with Gasteiger partial charge >= 0.3 is 0 Å². The predicted octanol–water partition coefficient (Wildman–Crippen LogP) is 1.66. The molecular formula is C15H11N3O5S2. The standard InChI is InChI=1S/C15H11N3O5S2/c16-7-11-2-1-3-14(25(21,22)23)15(11)24(19,20)9-10-4-5-13-12(6-10)8-17-18-13/h1-6,8H,9H2,(H,17,18)(H,21,22,23). The Hall–Kier alpha value is -2.74. The number of aromatic amines is 1. The van der Waals surface area contributed by atoms with E-state index in [1.807, 2.05) is 0 Å². The number of hydrogen-bond donors (Lipinski definition) is 2. The third-order valence-corrected chi connectivity index (χ3v) is 6.35. The van der Waals surface area contributed by atoms with E-state index in [1.54, 1.807) is 24.3 Å². The first-order valence-corrected chi connectivity index (χ1v) is 9.97. The molecule has 0 atom stereocenters. The number of nitriles is 1. The first kappa shape index (κ1) is 17.1. The van der Waals surface area contributed by atoms with Crippen LogP contribution in [-0.4, -0.2) is 31.6 Å². The van der Waals surface area contributed by atoms with E-state index in [1.165, 1.54) is 18.3 Å². The number of H-pyrrole nitrogens is 1. The van der Waals surface area contributed by atoms with Crippen molar-refractivity contribution in [1.82, 2.24) is 10.2 Å². The fraction of sp³-hybridized carbons (Fsp3) is 0.0667. The van der Waals surface area contributed by atoms with Gasteiger partial charge in [-0.2, -0.15) is 18.8 Å². The fourth-order valence-corrected chi connectivity index (χ4v) is 5.38. The lowest BCUT2D eigenvalue weighted by molar-refractivity contribution is 0.479. The first-order valence-electron chi connectivity index (χ1n) is 6.88. The summed E-state index contributed by atoms with van der Waals surface area (Å²) in [6.07, 6.45) is 1.53. The molecule has 0 saturated carbocycles. The fourth-order valence-electron chi connectivity index (χ4n) is 2.50. The normalized spacial score (nSPS) is 12.2. The van der Waals surface area contributed by atoms with Crippen molar-refractivity contribution in [3.8, 4) is 6.07 Å². The van der Waals surface area contributed by atoms with Gasteiger partial charge in [-0.05, 0) is 29.8 Å². The summed E-state index contributed by atoms with van der Waals surface area (Å²) in [5, 5.41) is 16.4. The second-order valence-corrected chi connectivity index (χ2v) is 8.59. The Morgan fingerprint density at radius 3 is 2.60 bits per heavy atom. The number of benzene rings is 2. The summed E-state index contributed by atoms with van der Waals surface area (Å²) in [4.78, 5) is -1.51. The third-order valence-electron chi connectivity index (χ3n) is 3.55. The monoisotopic (exact) mass is 377 g/mol. The molecule has 1 heterocycles. The van der Waals surface area contributed by atoms with Crippen LogP contribution in [0.3, 0.4) is 0 Å². The maximum Gasteiger partial charge on any atom is 0.295 e. The maximum absolute atomic E-state index is 12.8. The van der Waals surface area contributed by atoms with Gasteiger partial charge < -0.3 is 0 Å². The summed E-state index contributed by atoms with van der Waals surface area (Å²) >= 11 is 0. The van der Waals surface area contributed by atoms with E-state index in [0.29, 0.717) is 10.9 Å². The molecule has 2 N–H and O–H groups in total. The van der Waals surface area contributed by atoms with Crippen molar-refractivity contribution in [1.29, 1.82) is 5.26 Å². The molecule has 0 aliphatic heterocycles. The van der Waals surface area contributed by atoms with Gasteiger partial charge in [0.1, 0.15) is 15.9 Å². The molecule has 3 rings (SSSR count). The van der Waals surface area contributed by atoms with E-state index in [2.05, 4.69) is 10.2 Å². The van der Waals surface area contributed by atoms with Crippen LogP contribution in [0.5, 0.6) is 0 Å². The largest absolute Gasteiger partial charge is 0.295 e. The van der Waals surface area contributed by atoms with Gasteiger partial charge in [-0.3, -0.25) is 9.65 Å². The SMILES string of the molecule is N#Cc1cccc(S(=O)(=O)O)c1S(=O)(=O)Cc1ccc2[nH]ncc2c1. The molecule has 2 aromatic carbocycles. The van der Waals surface area contributed by atoms with Crippen LogP contribution < -0.4 is 0 Å². The topological polar surface area (TPSA) is 141 Å². The number of sulfone groups is 1. The van der Waals surface area contributed by atoms with E-state index >= 15 is 0 Å². The van der Waals surface area contributed by atoms with Gasteiger partial charge in [-0.1, -0.05) is 12.1 Å². The molecule has 0 saturated heterocycles. The number of nitrogens with one attached hydrogen (secondary N) is 1. The molecule has 0 amide bonds. The van der Waals surface area contributed by atoms with E-state index in [4.69, 9.17) is 5.26 Å². The Kier molecular flexibility index (Phi) is 4.08. The zero-order chi connectivity index (χ0) is 18.2. The van der Waals surface area contributed by atoms with Gasteiger partial charge in [0.25, 0.3) is 10.1 Å². The maximum atomic E-state index is 12.8. The van der Waals surface area contributed by atoms with Gasteiger partial charge in [0, 0.05) is 5.39 Å². The van der Waals surface area contributed by atoms with Gasteiger partial charge in [-0.15, -0.1) is 0 Å². The Morgan fingerprint density at radius 2 is 1.92 bits per heavy atom. The predicted molar refractivity (Wildman–Crippen MR) is 88.0 cm³/mol. The highest BCUT2D eigenvalue weighted by Gasteiger charge is 2.29. The minimum Gasteiger partial charge on any atom is -0.282 e. The molecule has 0 unspecified atom stereocenters. The Labute approximate surface area is 143 Å². The van der Waals surface area contributed by atoms with Crippen LogP contribution in [0.15, 0.2) is 52.4 Å². The summed E-state index contributed by atoms with van der Waals surface area (Å²) in [7, 11) is -9.03. The van der Waals surface area contributed by atoms with Crippen molar-refractivity contribution in [2.45, 2.75) is 15.5 Å². The minimum atomic E-state index is -4.81. The molecular weight excluding hydrogens is 366 g/mol. The second-order valence-electron chi connectivity index (χ2n) is 5.27. The molecule has 0 spiro atoms. The van der Waals surface area contributed by atoms with Crippen molar-refractivity contribution < 1.29 is 21.4 Å². The van der Waals surface area contributed by atoms with Crippen molar-refractivity contribution >= 4 is 30.9 Å². The molecule has 128 valence electrons. The Morgan fingerprint density at radius 1 is 1.16 bits per heavy atom. The molecule has 8 nitrogen and oxygen atoms in total. The van der Waals surface area contributed by atoms with E-state index < -0.39 is 35.5 Å². The first-order chi connectivity index (χ1) is 11.7. The average Bonchev–Trinajstić information content (AvgIpc) is 3.00. The smallest absolute Gasteiger partial charge is 0.282 e. The van der Waals surface area contributed by atoms with E-state index in [9.17, 15) is 21.4 Å². The summed E-state index contributed by atoms with van der Waals surface area (Å²) < 4.78 is 57.9. The van der Waals surface area contributed by atoms with Gasteiger partial charge in [0.05, 0.1) is 23.0 Å². The summed E-state index contributed by atoms with van der Waals surface area (Å²) in [6, 6.07) is 9.77. The van der Waals surface area contributed by atoms with Crippen LogP contribution in [0, 0.1) is 11.3 Å². The Balaban J connectivity index is 2.16. The molecule has 10 heteroatoms. The minimum absolute atomic E-state index is 0.348. The summed E-state index contributed by atoms with van der Waals surface area (Å²) in [6.45, 7) is 0. The number of aromatic nitrogens is 2. The third kappa shape index (κ3) is 3.25. The molecule has 0 radical (unpaired) electrons. The van der Waals surface area contributed by atoms with E-state index in [0.717, 1.165) is 11.6 Å². The number of fused-ring (bicyclic) bond motifs is 1. The molecule has 0 fully saturated rings. The highest BCUT2D eigenvalue weighted by atomic mass is 32.2. The quantitative estimate of drug-likeness (QED) is 0.658. The lowest BCUT2D eigenvalue weighted by atomic mass is 10.2. The lowest BCUT2D eigenvalue weighted by Crippen LogP contribution is -2.13.